The monoisotopic (exact) mass is 224 g/mol. The van der Waals surface area contributed by atoms with E-state index in [0.29, 0.717) is 5.69 Å². The minimum atomic E-state index is -0.970. The lowest BCUT2D eigenvalue weighted by Crippen LogP contribution is -2.26. The molecule has 86 valence electrons. The van der Waals surface area contributed by atoms with Crippen molar-refractivity contribution in [2.75, 3.05) is 7.11 Å². The summed E-state index contributed by atoms with van der Waals surface area (Å²) >= 11 is 0. The summed E-state index contributed by atoms with van der Waals surface area (Å²) in [7, 11) is 1.40. The molecule has 0 aliphatic heterocycles. The van der Waals surface area contributed by atoms with Crippen LogP contribution in [-0.4, -0.2) is 27.7 Å². The number of rotatable bonds is 4. The molecule has 1 heterocycles. The molecule has 0 saturated heterocycles. The molecular formula is C10H12N2O4. The first kappa shape index (κ1) is 10.7. The Labute approximate surface area is 91.5 Å². The maximum atomic E-state index is 11.7. The van der Waals surface area contributed by atoms with Gasteiger partial charge in [-0.05, 0) is 12.8 Å². The summed E-state index contributed by atoms with van der Waals surface area (Å²) in [6.07, 6.45) is 1.62. The average Bonchev–Trinajstić information content (AvgIpc) is 2.99. The van der Waals surface area contributed by atoms with Crippen LogP contribution in [0.3, 0.4) is 0 Å². The fourth-order valence-corrected chi connectivity index (χ4v) is 1.63. The van der Waals surface area contributed by atoms with Crippen LogP contribution in [0.25, 0.3) is 0 Å². The molecule has 1 aliphatic rings. The third-order valence-corrected chi connectivity index (χ3v) is 2.46. The van der Waals surface area contributed by atoms with Gasteiger partial charge < -0.3 is 9.84 Å². The standard InChI is InChI=1S/C10H12N2O4/c1-16-8-4-7(5-9(13)14)12(6-2-3-6)10(15)11-8/h4,6H,2-3,5H2,1H3,(H,13,14). The molecule has 16 heavy (non-hydrogen) atoms. The maximum absolute atomic E-state index is 11.7. The molecule has 1 fully saturated rings. The lowest BCUT2D eigenvalue weighted by atomic mass is 10.3. The van der Waals surface area contributed by atoms with E-state index >= 15 is 0 Å². The summed E-state index contributed by atoms with van der Waals surface area (Å²) in [4.78, 5) is 26.1. The van der Waals surface area contributed by atoms with Gasteiger partial charge in [-0.1, -0.05) is 0 Å². The highest BCUT2D eigenvalue weighted by Crippen LogP contribution is 2.34. The molecule has 1 aromatic rings. The minimum Gasteiger partial charge on any atom is -0.481 e. The quantitative estimate of drug-likeness (QED) is 0.790. The van der Waals surface area contributed by atoms with Gasteiger partial charge in [0.1, 0.15) is 0 Å². The summed E-state index contributed by atoms with van der Waals surface area (Å²) in [6.45, 7) is 0. The van der Waals surface area contributed by atoms with Crippen molar-refractivity contribution in [2.24, 2.45) is 0 Å². The SMILES string of the molecule is COc1cc(CC(=O)O)n(C2CC2)c(=O)n1. The van der Waals surface area contributed by atoms with E-state index in [0.717, 1.165) is 12.8 Å². The topological polar surface area (TPSA) is 81.4 Å². The molecule has 1 aromatic heterocycles. The van der Waals surface area contributed by atoms with E-state index in [2.05, 4.69) is 4.98 Å². The Morgan fingerprint density at radius 2 is 2.38 bits per heavy atom. The zero-order valence-electron chi connectivity index (χ0n) is 8.84. The number of carboxylic acid groups (broad SMARTS) is 1. The van der Waals surface area contributed by atoms with E-state index in [-0.39, 0.29) is 18.3 Å². The highest BCUT2D eigenvalue weighted by atomic mass is 16.5. The van der Waals surface area contributed by atoms with Gasteiger partial charge in [-0.15, -0.1) is 0 Å². The van der Waals surface area contributed by atoms with Crippen LogP contribution in [-0.2, 0) is 11.2 Å². The molecule has 1 aliphatic carbocycles. The van der Waals surface area contributed by atoms with Gasteiger partial charge in [0.25, 0.3) is 0 Å². The van der Waals surface area contributed by atoms with Gasteiger partial charge in [-0.25, -0.2) is 4.79 Å². The van der Waals surface area contributed by atoms with E-state index in [1.54, 1.807) is 0 Å². The molecule has 0 spiro atoms. The van der Waals surface area contributed by atoms with Gasteiger partial charge >= 0.3 is 11.7 Å². The van der Waals surface area contributed by atoms with Gasteiger partial charge in [0.05, 0.1) is 13.5 Å². The molecule has 1 N–H and O–H groups in total. The second-order valence-electron chi connectivity index (χ2n) is 3.74. The number of methoxy groups -OCH3 is 1. The summed E-state index contributed by atoms with van der Waals surface area (Å²) in [5, 5.41) is 8.77. The van der Waals surface area contributed by atoms with Crippen molar-refractivity contribution in [3.05, 3.63) is 22.2 Å². The number of carbonyl (C=O) groups is 1. The number of aliphatic carboxylic acids is 1. The molecule has 0 atom stereocenters. The lowest BCUT2D eigenvalue weighted by molar-refractivity contribution is -0.136. The van der Waals surface area contributed by atoms with Crippen molar-refractivity contribution in [1.29, 1.82) is 0 Å². The average molecular weight is 224 g/mol. The molecule has 6 nitrogen and oxygen atoms in total. The number of hydrogen-bond donors (Lipinski definition) is 1. The first-order valence-electron chi connectivity index (χ1n) is 5.00. The summed E-state index contributed by atoms with van der Waals surface area (Å²) in [5.74, 6) is -0.805. The van der Waals surface area contributed by atoms with Crippen LogP contribution in [0, 0.1) is 0 Å². The van der Waals surface area contributed by atoms with Crippen LogP contribution in [0.5, 0.6) is 5.88 Å². The van der Waals surface area contributed by atoms with Crippen molar-refractivity contribution in [2.45, 2.75) is 25.3 Å². The largest absolute Gasteiger partial charge is 0.481 e. The Hall–Kier alpha value is -1.85. The van der Waals surface area contributed by atoms with Crippen molar-refractivity contribution in [3.8, 4) is 5.88 Å². The molecule has 0 amide bonds. The van der Waals surface area contributed by atoms with Crippen LogP contribution < -0.4 is 10.4 Å². The predicted molar refractivity (Wildman–Crippen MR) is 54.7 cm³/mol. The first-order valence-corrected chi connectivity index (χ1v) is 5.00. The Kier molecular flexibility index (Phi) is 2.64. The molecule has 1 saturated carbocycles. The highest BCUT2D eigenvalue weighted by molar-refractivity contribution is 5.69. The maximum Gasteiger partial charge on any atom is 0.351 e. The van der Waals surface area contributed by atoms with Crippen LogP contribution >= 0.6 is 0 Å². The third-order valence-electron chi connectivity index (χ3n) is 2.46. The van der Waals surface area contributed by atoms with E-state index < -0.39 is 11.7 Å². The minimum absolute atomic E-state index is 0.111. The lowest BCUT2D eigenvalue weighted by Gasteiger charge is -2.10. The number of hydrogen-bond acceptors (Lipinski definition) is 4. The Bertz CT molecular complexity index is 476. The van der Waals surface area contributed by atoms with Gasteiger partial charge in [0.15, 0.2) is 0 Å². The van der Waals surface area contributed by atoms with Crippen molar-refractivity contribution in [3.63, 3.8) is 0 Å². The van der Waals surface area contributed by atoms with Crippen LogP contribution in [0.15, 0.2) is 10.9 Å². The van der Waals surface area contributed by atoms with Crippen LogP contribution in [0.4, 0.5) is 0 Å². The molecule has 6 heteroatoms. The molecule has 0 bridgehead atoms. The normalized spacial score (nSPS) is 14.8. The highest BCUT2D eigenvalue weighted by Gasteiger charge is 2.28. The number of ether oxygens (including phenoxy) is 1. The van der Waals surface area contributed by atoms with Gasteiger partial charge in [-0.3, -0.25) is 9.36 Å². The number of nitrogens with zero attached hydrogens (tertiary/aromatic N) is 2. The van der Waals surface area contributed by atoms with E-state index in [1.807, 2.05) is 0 Å². The zero-order valence-corrected chi connectivity index (χ0v) is 8.84. The Balaban J connectivity index is 2.47. The molecule has 0 aromatic carbocycles. The van der Waals surface area contributed by atoms with Crippen LogP contribution in [0.2, 0.25) is 0 Å². The Morgan fingerprint density at radius 1 is 1.69 bits per heavy atom. The second-order valence-corrected chi connectivity index (χ2v) is 3.74. The second kappa shape index (κ2) is 3.96. The van der Waals surface area contributed by atoms with Gasteiger partial charge in [0, 0.05) is 17.8 Å². The van der Waals surface area contributed by atoms with Gasteiger partial charge in [0.2, 0.25) is 5.88 Å². The predicted octanol–water partition coefficient (Wildman–Crippen LogP) is 0.214. The Morgan fingerprint density at radius 3 is 2.88 bits per heavy atom. The third kappa shape index (κ3) is 2.05. The summed E-state index contributed by atoms with van der Waals surface area (Å²) < 4.78 is 6.31. The fraction of sp³-hybridized carbons (Fsp3) is 0.500. The summed E-state index contributed by atoms with van der Waals surface area (Å²) in [6, 6.07) is 1.62. The van der Waals surface area contributed by atoms with Gasteiger partial charge in [-0.2, -0.15) is 4.98 Å². The van der Waals surface area contributed by atoms with E-state index in [1.165, 1.54) is 17.7 Å². The van der Waals surface area contributed by atoms with Crippen LogP contribution in [0.1, 0.15) is 24.6 Å². The molecular weight excluding hydrogens is 212 g/mol. The number of carboxylic acids is 1. The van der Waals surface area contributed by atoms with Crippen molar-refractivity contribution < 1.29 is 14.6 Å². The fourth-order valence-electron chi connectivity index (χ4n) is 1.63. The van der Waals surface area contributed by atoms with Crippen molar-refractivity contribution in [1.82, 2.24) is 9.55 Å². The molecule has 2 rings (SSSR count). The zero-order chi connectivity index (χ0) is 11.7. The molecule has 0 radical (unpaired) electrons. The van der Waals surface area contributed by atoms with E-state index in [4.69, 9.17) is 9.84 Å². The number of aromatic nitrogens is 2. The molecule has 0 unspecified atom stereocenters. The van der Waals surface area contributed by atoms with E-state index in [9.17, 15) is 9.59 Å². The summed E-state index contributed by atoms with van der Waals surface area (Å²) in [5.41, 5.74) is 0.0185. The first-order chi connectivity index (χ1) is 7.61. The van der Waals surface area contributed by atoms with Crippen molar-refractivity contribution >= 4 is 5.97 Å². The smallest absolute Gasteiger partial charge is 0.351 e.